The summed E-state index contributed by atoms with van der Waals surface area (Å²) in [6.07, 6.45) is 2.52. The van der Waals surface area contributed by atoms with Crippen LogP contribution in [0.25, 0.3) is 21.1 Å². The maximum absolute atomic E-state index is 10.6. The maximum Gasteiger partial charge on any atom is 0.145 e. The summed E-state index contributed by atoms with van der Waals surface area (Å²) in [7, 11) is 4.09. The van der Waals surface area contributed by atoms with Crippen molar-refractivity contribution in [3.8, 4) is 5.75 Å². The van der Waals surface area contributed by atoms with Crippen LogP contribution in [0.15, 0.2) is 42.2 Å². The molecule has 0 bridgehead atoms. The number of ether oxygens (including phenoxy) is 1. The predicted molar refractivity (Wildman–Crippen MR) is 148 cm³/mol. The summed E-state index contributed by atoms with van der Waals surface area (Å²) in [6, 6.07) is 10.3. The van der Waals surface area contributed by atoms with Gasteiger partial charge in [0.1, 0.15) is 24.0 Å². The third-order valence-corrected chi connectivity index (χ3v) is 7.58. The molecule has 5 rings (SSSR count). The van der Waals surface area contributed by atoms with Crippen molar-refractivity contribution in [2.45, 2.75) is 38.9 Å². The van der Waals surface area contributed by atoms with Crippen LogP contribution in [-0.4, -0.2) is 70.4 Å². The number of fused-ring (bicyclic) bond motifs is 2. The summed E-state index contributed by atoms with van der Waals surface area (Å²) < 4.78 is 7.64. The zero-order valence-electron chi connectivity index (χ0n) is 21.5. The van der Waals surface area contributed by atoms with E-state index >= 15 is 0 Å². The number of anilines is 3. The second-order valence-corrected chi connectivity index (χ2v) is 11.4. The first-order valence-electron chi connectivity index (χ1n) is 12.3. The van der Waals surface area contributed by atoms with Crippen LogP contribution in [0.2, 0.25) is 0 Å². The molecule has 4 aromatic rings. The third-order valence-electron chi connectivity index (χ3n) is 6.78. The minimum atomic E-state index is -0.705. The first-order valence-corrected chi connectivity index (χ1v) is 13.2. The zero-order valence-corrected chi connectivity index (χ0v) is 22.3. The van der Waals surface area contributed by atoms with Crippen LogP contribution in [0.3, 0.4) is 0 Å². The van der Waals surface area contributed by atoms with Crippen molar-refractivity contribution in [1.29, 1.82) is 0 Å². The highest BCUT2D eigenvalue weighted by Gasteiger charge is 2.34. The Hall–Kier alpha value is -3.01. The minimum Gasteiger partial charge on any atom is -0.488 e. The molecule has 2 N–H and O–H groups in total. The number of aliphatic hydroxyl groups is 1. The molecule has 1 saturated heterocycles. The summed E-state index contributed by atoms with van der Waals surface area (Å²) in [4.78, 5) is 18.0. The van der Waals surface area contributed by atoms with Crippen molar-refractivity contribution in [1.82, 2.24) is 19.9 Å². The van der Waals surface area contributed by atoms with Crippen molar-refractivity contribution in [3.05, 3.63) is 42.2 Å². The van der Waals surface area contributed by atoms with E-state index < -0.39 is 5.60 Å². The number of nitrogens with one attached hydrogen (secondary N) is 1. The van der Waals surface area contributed by atoms with Gasteiger partial charge in [-0.05, 0) is 65.6 Å². The number of thiazole rings is 1. The Morgan fingerprint density at radius 3 is 2.78 bits per heavy atom. The molecular formula is C27H34N6O2S. The smallest absolute Gasteiger partial charge is 0.145 e. The highest BCUT2D eigenvalue weighted by atomic mass is 32.1. The molecule has 0 radical (unpaired) electrons. The average molecular weight is 507 g/mol. The quantitative estimate of drug-likeness (QED) is 0.349. The van der Waals surface area contributed by atoms with Gasteiger partial charge in [0, 0.05) is 43.0 Å². The van der Waals surface area contributed by atoms with Gasteiger partial charge in [-0.1, -0.05) is 0 Å². The van der Waals surface area contributed by atoms with E-state index in [0.29, 0.717) is 5.82 Å². The van der Waals surface area contributed by atoms with Gasteiger partial charge in [0.25, 0.3) is 0 Å². The SMILES string of the molecule is C[C@H](CN(C)C)Oc1cc(N2CC[C@@H](C(C)(C)O)C2)cc2ncnc(Nc3ccc4ncsc4c3)c12. The van der Waals surface area contributed by atoms with E-state index in [1.807, 2.05) is 45.6 Å². The van der Waals surface area contributed by atoms with Gasteiger partial charge in [-0.15, -0.1) is 11.3 Å². The van der Waals surface area contributed by atoms with Crippen LogP contribution >= 0.6 is 11.3 Å². The van der Waals surface area contributed by atoms with Crippen LogP contribution in [0.1, 0.15) is 27.2 Å². The number of benzene rings is 2. The molecule has 9 heteroatoms. The lowest BCUT2D eigenvalue weighted by atomic mass is 9.90. The molecule has 0 unspecified atom stereocenters. The molecule has 3 heterocycles. The van der Waals surface area contributed by atoms with Gasteiger partial charge in [-0.2, -0.15) is 0 Å². The number of nitrogens with zero attached hydrogens (tertiary/aromatic N) is 5. The normalized spacial score (nSPS) is 17.3. The van der Waals surface area contributed by atoms with E-state index in [1.54, 1.807) is 17.7 Å². The topological polar surface area (TPSA) is 86.6 Å². The van der Waals surface area contributed by atoms with E-state index in [0.717, 1.165) is 64.3 Å². The van der Waals surface area contributed by atoms with E-state index in [4.69, 9.17) is 4.74 Å². The first kappa shape index (κ1) is 24.7. The fraction of sp³-hybridized carbons (Fsp3) is 0.444. The van der Waals surface area contributed by atoms with Gasteiger partial charge in [0.05, 0.1) is 32.2 Å². The molecule has 1 fully saturated rings. The highest BCUT2D eigenvalue weighted by Crippen LogP contribution is 2.39. The Bertz CT molecular complexity index is 1370. The van der Waals surface area contributed by atoms with Gasteiger partial charge < -0.3 is 25.0 Å². The molecule has 1 aliphatic rings. The second-order valence-electron chi connectivity index (χ2n) is 10.5. The lowest BCUT2D eigenvalue weighted by Gasteiger charge is -2.27. The Morgan fingerprint density at radius 1 is 1.19 bits per heavy atom. The number of hydrogen-bond acceptors (Lipinski definition) is 9. The van der Waals surface area contributed by atoms with Crippen molar-refractivity contribution in [2.75, 3.05) is 43.9 Å². The van der Waals surface area contributed by atoms with E-state index in [1.165, 1.54) is 0 Å². The van der Waals surface area contributed by atoms with E-state index in [-0.39, 0.29) is 12.0 Å². The average Bonchev–Trinajstić information content (AvgIpc) is 3.48. The monoisotopic (exact) mass is 506 g/mol. The molecule has 8 nitrogen and oxygen atoms in total. The van der Waals surface area contributed by atoms with Crippen LogP contribution < -0.4 is 15.0 Å². The van der Waals surface area contributed by atoms with Crippen LogP contribution in [0, 0.1) is 5.92 Å². The fourth-order valence-corrected chi connectivity index (χ4v) is 5.64. The zero-order chi connectivity index (χ0) is 25.4. The first-order chi connectivity index (χ1) is 17.2. The van der Waals surface area contributed by atoms with Crippen molar-refractivity contribution in [3.63, 3.8) is 0 Å². The highest BCUT2D eigenvalue weighted by molar-refractivity contribution is 7.16. The predicted octanol–water partition coefficient (Wildman–Crippen LogP) is 4.91. The Morgan fingerprint density at radius 2 is 2.03 bits per heavy atom. The summed E-state index contributed by atoms with van der Waals surface area (Å²) in [5.41, 5.74) is 4.95. The molecule has 0 amide bonds. The summed E-state index contributed by atoms with van der Waals surface area (Å²) in [5.74, 6) is 1.68. The number of rotatable bonds is 8. The van der Waals surface area contributed by atoms with Crippen molar-refractivity contribution >= 4 is 49.6 Å². The lowest BCUT2D eigenvalue weighted by molar-refractivity contribution is 0.0263. The molecule has 36 heavy (non-hydrogen) atoms. The summed E-state index contributed by atoms with van der Waals surface area (Å²) in [6.45, 7) is 8.34. The fourth-order valence-electron chi connectivity index (χ4n) is 4.92. The van der Waals surface area contributed by atoms with Gasteiger partial charge in [-0.25, -0.2) is 15.0 Å². The molecule has 2 aromatic heterocycles. The molecule has 0 aliphatic carbocycles. The minimum absolute atomic E-state index is 0.0252. The standard InChI is InChI=1S/C27H34N6O2S/c1-17(13-32(4)5)35-23-12-20(33-9-8-18(14-33)27(2,3)34)11-22-25(23)26(29-15-28-22)31-19-6-7-21-24(10-19)36-16-30-21/h6-7,10-12,15-18,34H,8-9,13-14H2,1-5H3,(H,28,29,31)/t17-,18-/m1/s1. The number of likely N-dealkylation sites (N-methyl/N-ethyl adjacent to an activating group) is 1. The summed E-state index contributed by atoms with van der Waals surface area (Å²) >= 11 is 1.61. The Labute approximate surface area is 216 Å². The molecule has 1 aliphatic heterocycles. The molecule has 2 atom stereocenters. The number of hydrogen-bond donors (Lipinski definition) is 2. The molecule has 0 saturated carbocycles. The van der Waals surface area contributed by atoms with Crippen LogP contribution in [-0.2, 0) is 0 Å². The van der Waals surface area contributed by atoms with E-state index in [9.17, 15) is 5.11 Å². The molecule has 0 spiro atoms. The van der Waals surface area contributed by atoms with Gasteiger partial charge >= 0.3 is 0 Å². The third kappa shape index (κ3) is 5.23. The molecule has 2 aromatic carbocycles. The Kier molecular flexibility index (Phi) is 6.72. The summed E-state index contributed by atoms with van der Waals surface area (Å²) in [5, 5.41) is 14.9. The van der Waals surface area contributed by atoms with Gasteiger partial charge in [0.2, 0.25) is 0 Å². The lowest BCUT2D eigenvalue weighted by Crippen LogP contribution is -2.33. The van der Waals surface area contributed by atoms with Crippen LogP contribution in [0.4, 0.5) is 17.2 Å². The second kappa shape index (κ2) is 9.80. The Balaban J connectivity index is 1.54. The van der Waals surface area contributed by atoms with Crippen molar-refractivity contribution < 1.29 is 9.84 Å². The number of aromatic nitrogens is 3. The van der Waals surface area contributed by atoms with E-state index in [2.05, 4.69) is 55.2 Å². The molecule has 190 valence electrons. The van der Waals surface area contributed by atoms with Gasteiger partial charge in [0.15, 0.2) is 0 Å². The van der Waals surface area contributed by atoms with Crippen molar-refractivity contribution in [2.24, 2.45) is 5.92 Å². The largest absolute Gasteiger partial charge is 0.488 e. The molecular weight excluding hydrogens is 472 g/mol. The van der Waals surface area contributed by atoms with Gasteiger partial charge in [-0.3, -0.25) is 0 Å². The maximum atomic E-state index is 10.6. The van der Waals surface area contributed by atoms with Crippen LogP contribution in [0.5, 0.6) is 5.75 Å².